The SMILES string of the molecule is C=C(C)OOCc1ccccc1. The van der Waals surface area contributed by atoms with Gasteiger partial charge in [0.15, 0.2) is 0 Å². The van der Waals surface area contributed by atoms with Gasteiger partial charge in [0, 0.05) is 0 Å². The molecule has 0 bridgehead atoms. The summed E-state index contributed by atoms with van der Waals surface area (Å²) in [4.78, 5) is 9.63. The normalized spacial score (nSPS) is 9.42. The fraction of sp³-hybridized carbons (Fsp3) is 0.200. The van der Waals surface area contributed by atoms with Gasteiger partial charge in [0.1, 0.15) is 12.4 Å². The van der Waals surface area contributed by atoms with E-state index >= 15 is 0 Å². The van der Waals surface area contributed by atoms with E-state index in [1.165, 1.54) is 0 Å². The van der Waals surface area contributed by atoms with Gasteiger partial charge in [0.2, 0.25) is 0 Å². The molecule has 0 aliphatic carbocycles. The predicted octanol–water partition coefficient (Wildman–Crippen LogP) is 2.67. The van der Waals surface area contributed by atoms with Crippen molar-refractivity contribution in [2.45, 2.75) is 13.5 Å². The van der Waals surface area contributed by atoms with Gasteiger partial charge in [-0.05, 0) is 12.5 Å². The number of rotatable bonds is 4. The summed E-state index contributed by atoms with van der Waals surface area (Å²) in [5.74, 6) is 0.561. The van der Waals surface area contributed by atoms with Gasteiger partial charge in [-0.3, -0.25) is 0 Å². The molecule has 1 aromatic rings. The monoisotopic (exact) mass is 164 g/mol. The molecule has 1 aromatic carbocycles. The fourth-order valence-electron chi connectivity index (χ4n) is 0.772. The van der Waals surface area contributed by atoms with Gasteiger partial charge < -0.3 is 4.89 Å². The summed E-state index contributed by atoms with van der Waals surface area (Å²) in [6.45, 7) is 5.73. The lowest BCUT2D eigenvalue weighted by Gasteiger charge is -2.02. The van der Waals surface area contributed by atoms with Gasteiger partial charge in [-0.15, -0.1) is 0 Å². The standard InChI is InChI=1S/C10H12O2/c1-9(2)12-11-8-10-6-4-3-5-7-10/h3-7H,1,8H2,2H3. The second kappa shape index (κ2) is 4.57. The largest absolute Gasteiger partial charge is 0.343 e. The Labute approximate surface area is 72.4 Å². The second-order valence-electron chi connectivity index (χ2n) is 2.53. The summed E-state index contributed by atoms with van der Waals surface area (Å²) in [7, 11) is 0. The van der Waals surface area contributed by atoms with Crippen molar-refractivity contribution in [3.8, 4) is 0 Å². The van der Waals surface area contributed by atoms with E-state index in [9.17, 15) is 0 Å². The van der Waals surface area contributed by atoms with Crippen LogP contribution < -0.4 is 0 Å². The van der Waals surface area contributed by atoms with E-state index in [0.29, 0.717) is 12.4 Å². The molecule has 0 unspecified atom stereocenters. The van der Waals surface area contributed by atoms with Crippen molar-refractivity contribution in [1.29, 1.82) is 0 Å². The maximum absolute atomic E-state index is 4.88. The molecule has 0 saturated carbocycles. The Hall–Kier alpha value is -1.28. The van der Waals surface area contributed by atoms with Crippen molar-refractivity contribution in [3.63, 3.8) is 0 Å². The highest BCUT2D eigenvalue weighted by Crippen LogP contribution is 2.02. The van der Waals surface area contributed by atoms with Crippen molar-refractivity contribution in [1.82, 2.24) is 0 Å². The molecule has 2 heteroatoms. The van der Waals surface area contributed by atoms with E-state index in [1.807, 2.05) is 30.3 Å². The van der Waals surface area contributed by atoms with Crippen LogP contribution in [0.15, 0.2) is 42.7 Å². The molecule has 64 valence electrons. The third-order valence-electron chi connectivity index (χ3n) is 1.27. The van der Waals surface area contributed by atoms with Crippen LogP contribution in [0.3, 0.4) is 0 Å². The summed E-state index contributed by atoms with van der Waals surface area (Å²) >= 11 is 0. The van der Waals surface area contributed by atoms with Crippen molar-refractivity contribution in [3.05, 3.63) is 48.2 Å². The Morgan fingerprint density at radius 2 is 2.00 bits per heavy atom. The average molecular weight is 164 g/mol. The Kier molecular flexibility index (Phi) is 3.35. The lowest BCUT2D eigenvalue weighted by Crippen LogP contribution is -1.92. The van der Waals surface area contributed by atoms with Gasteiger partial charge in [-0.1, -0.05) is 36.9 Å². The Bertz CT molecular complexity index is 241. The lowest BCUT2D eigenvalue weighted by molar-refractivity contribution is -0.271. The molecule has 12 heavy (non-hydrogen) atoms. The van der Waals surface area contributed by atoms with Crippen molar-refractivity contribution < 1.29 is 9.78 Å². The van der Waals surface area contributed by atoms with E-state index in [0.717, 1.165) is 5.56 Å². The molecule has 0 saturated heterocycles. The van der Waals surface area contributed by atoms with Crippen LogP contribution in [0.4, 0.5) is 0 Å². The number of hydrogen-bond donors (Lipinski definition) is 0. The van der Waals surface area contributed by atoms with Gasteiger partial charge in [-0.2, -0.15) is 4.89 Å². The maximum Gasteiger partial charge on any atom is 0.132 e. The smallest absolute Gasteiger partial charge is 0.132 e. The van der Waals surface area contributed by atoms with E-state index in [2.05, 4.69) is 6.58 Å². The highest BCUT2D eigenvalue weighted by atomic mass is 17.2. The van der Waals surface area contributed by atoms with Crippen LogP contribution in [0, 0.1) is 0 Å². The summed E-state index contributed by atoms with van der Waals surface area (Å²) in [5.41, 5.74) is 1.08. The van der Waals surface area contributed by atoms with Crippen LogP contribution in [0.2, 0.25) is 0 Å². The molecule has 0 fully saturated rings. The molecule has 0 aromatic heterocycles. The first-order valence-electron chi connectivity index (χ1n) is 3.78. The molecule has 0 amide bonds. The van der Waals surface area contributed by atoms with Crippen molar-refractivity contribution in [2.75, 3.05) is 0 Å². The van der Waals surface area contributed by atoms with E-state index < -0.39 is 0 Å². The molecule has 0 aliphatic heterocycles. The highest BCUT2D eigenvalue weighted by Gasteiger charge is 1.91. The maximum atomic E-state index is 4.88. The van der Waals surface area contributed by atoms with E-state index in [4.69, 9.17) is 9.78 Å². The minimum atomic E-state index is 0.452. The highest BCUT2D eigenvalue weighted by molar-refractivity contribution is 5.13. The topological polar surface area (TPSA) is 18.5 Å². The third kappa shape index (κ3) is 3.21. The zero-order chi connectivity index (χ0) is 8.81. The molecule has 0 heterocycles. The minimum Gasteiger partial charge on any atom is -0.343 e. The summed E-state index contributed by atoms with van der Waals surface area (Å²) in [6, 6.07) is 9.82. The molecule has 0 spiro atoms. The summed E-state index contributed by atoms with van der Waals surface area (Å²) in [6.07, 6.45) is 0. The molecule has 0 N–H and O–H groups in total. The van der Waals surface area contributed by atoms with Gasteiger partial charge in [0.25, 0.3) is 0 Å². The quantitative estimate of drug-likeness (QED) is 0.387. The van der Waals surface area contributed by atoms with Crippen LogP contribution in [0.5, 0.6) is 0 Å². The van der Waals surface area contributed by atoms with E-state index in [-0.39, 0.29) is 0 Å². The van der Waals surface area contributed by atoms with Gasteiger partial charge >= 0.3 is 0 Å². The first-order valence-corrected chi connectivity index (χ1v) is 3.78. The average Bonchev–Trinajstić information content (AvgIpc) is 2.05. The van der Waals surface area contributed by atoms with Crippen molar-refractivity contribution >= 4 is 0 Å². The number of hydrogen-bond acceptors (Lipinski definition) is 2. The van der Waals surface area contributed by atoms with Crippen LogP contribution >= 0.6 is 0 Å². The van der Waals surface area contributed by atoms with Gasteiger partial charge in [0.05, 0.1) is 0 Å². The minimum absolute atomic E-state index is 0.452. The Balaban J connectivity index is 2.29. The zero-order valence-corrected chi connectivity index (χ0v) is 7.12. The first kappa shape index (κ1) is 8.81. The van der Waals surface area contributed by atoms with Crippen LogP contribution in [0.1, 0.15) is 12.5 Å². The molecule has 0 radical (unpaired) electrons. The molecule has 0 aliphatic rings. The van der Waals surface area contributed by atoms with Crippen LogP contribution in [0.25, 0.3) is 0 Å². The zero-order valence-electron chi connectivity index (χ0n) is 7.12. The van der Waals surface area contributed by atoms with Crippen LogP contribution in [-0.4, -0.2) is 0 Å². The first-order chi connectivity index (χ1) is 5.79. The van der Waals surface area contributed by atoms with Crippen molar-refractivity contribution in [2.24, 2.45) is 0 Å². The second-order valence-corrected chi connectivity index (χ2v) is 2.53. The lowest BCUT2D eigenvalue weighted by atomic mass is 10.2. The molecular weight excluding hydrogens is 152 g/mol. The summed E-state index contributed by atoms with van der Waals surface area (Å²) < 4.78 is 0. The summed E-state index contributed by atoms with van der Waals surface area (Å²) in [5, 5.41) is 0. The van der Waals surface area contributed by atoms with E-state index in [1.54, 1.807) is 6.92 Å². The third-order valence-corrected chi connectivity index (χ3v) is 1.27. The Morgan fingerprint density at radius 3 is 2.58 bits per heavy atom. The number of benzene rings is 1. The Morgan fingerprint density at radius 1 is 1.33 bits per heavy atom. The fourth-order valence-corrected chi connectivity index (χ4v) is 0.772. The van der Waals surface area contributed by atoms with Gasteiger partial charge in [-0.25, -0.2) is 0 Å². The predicted molar refractivity (Wildman–Crippen MR) is 47.1 cm³/mol. The molecular formula is C10H12O2. The number of allylic oxidation sites excluding steroid dienone is 1. The molecule has 2 nitrogen and oxygen atoms in total. The molecule has 0 atom stereocenters. The molecule has 1 rings (SSSR count). The van der Waals surface area contributed by atoms with Crippen LogP contribution in [-0.2, 0) is 16.4 Å².